The van der Waals surface area contributed by atoms with Crippen LogP contribution in [-0.2, 0) is 66.9 Å². The molecule has 3 saturated heterocycles. The first-order valence-corrected chi connectivity index (χ1v) is 29.6. The number of hydrogen-bond acceptors (Lipinski definition) is 15. The molecule has 462 valence electrons. The van der Waals surface area contributed by atoms with E-state index in [1.54, 1.807) is 133 Å². The van der Waals surface area contributed by atoms with Crippen molar-refractivity contribution in [1.29, 1.82) is 5.26 Å². The van der Waals surface area contributed by atoms with Crippen molar-refractivity contribution < 1.29 is 63.0 Å². The molecule has 0 bridgehead atoms. The summed E-state index contributed by atoms with van der Waals surface area (Å²) in [5.74, 6) is -5.05. The number of hydrogen-bond donors (Lipinski definition) is 7. The Morgan fingerprint density at radius 2 is 1.62 bits per heavy atom. The van der Waals surface area contributed by atoms with Crippen molar-refractivity contribution in [1.82, 2.24) is 25.8 Å². The quantitative estimate of drug-likeness (QED) is 0.0960. The fourth-order valence-electron chi connectivity index (χ4n) is 12.0. The number of nitriles is 1. The van der Waals surface area contributed by atoms with E-state index < -0.39 is 114 Å². The highest BCUT2D eigenvalue weighted by Gasteiger charge is 2.51. The third-order valence-electron chi connectivity index (χ3n) is 16.8. The molecule has 21 heteroatoms. The third kappa shape index (κ3) is 17.8. The van der Waals surface area contributed by atoms with Crippen molar-refractivity contribution in [2.45, 2.75) is 192 Å². The van der Waals surface area contributed by atoms with Crippen LogP contribution < -0.4 is 21.3 Å². The summed E-state index contributed by atoms with van der Waals surface area (Å²) in [5, 5.41) is 57.5. The second-order valence-corrected chi connectivity index (χ2v) is 25.1. The van der Waals surface area contributed by atoms with Gasteiger partial charge in [-0.1, -0.05) is 88.7 Å². The van der Waals surface area contributed by atoms with Gasteiger partial charge in [-0.3, -0.25) is 24.0 Å². The average Bonchev–Trinajstić information content (AvgIpc) is 1.91. The normalized spacial score (nSPS) is 32.6. The Bertz CT molecular complexity index is 2760. The van der Waals surface area contributed by atoms with Gasteiger partial charge in [0.15, 0.2) is 12.6 Å². The van der Waals surface area contributed by atoms with Crippen molar-refractivity contribution in [3.8, 4) is 6.07 Å². The molecular formula is C63H90ClN7O13. The molecule has 3 aliphatic heterocycles. The fourth-order valence-corrected chi connectivity index (χ4v) is 12.3. The minimum absolute atomic E-state index is 0.0694. The van der Waals surface area contributed by atoms with Crippen molar-refractivity contribution in [3.63, 3.8) is 0 Å². The Morgan fingerprint density at radius 3 is 2.26 bits per heavy atom. The molecule has 0 aliphatic carbocycles. The van der Waals surface area contributed by atoms with Gasteiger partial charge in [-0.15, -0.1) is 0 Å². The maximum absolute atomic E-state index is 14.9. The van der Waals surface area contributed by atoms with Crippen molar-refractivity contribution in [2.75, 3.05) is 40.1 Å². The number of amides is 5. The molecule has 0 saturated carbocycles. The van der Waals surface area contributed by atoms with Crippen LogP contribution in [0.2, 0.25) is 5.02 Å². The van der Waals surface area contributed by atoms with Gasteiger partial charge >= 0.3 is 0 Å². The Labute approximate surface area is 500 Å². The first kappa shape index (κ1) is 67.6. The molecule has 6 rings (SSSR count). The predicted molar refractivity (Wildman–Crippen MR) is 317 cm³/mol. The van der Waals surface area contributed by atoms with Crippen LogP contribution in [0.4, 0.5) is 5.69 Å². The second kappa shape index (κ2) is 29.7. The van der Waals surface area contributed by atoms with E-state index >= 15 is 0 Å². The topological polar surface area (TPSA) is 271 Å². The number of carbonyl (C=O) groups is 5. The zero-order valence-corrected chi connectivity index (χ0v) is 51.7. The molecule has 3 heterocycles. The van der Waals surface area contributed by atoms with Gasteiger partial charge in [0.25, 0.3) is 0 Å². The molecule has 3 aromatic rings. The summed E-state index contributed by atoms with van der Waals surface area (Å²) in [7, 11) is 6.87. The molecule has 0 unspecified atom stereocenters. The number of carbonyl (C=O) groups excluding carboxylic acids is 5. The van der Waals surface area contributed by atoms with Gasteiger partial charge in [0.2, 0.25) is 29.5 Å². The monoisotopic (exact) mass is 1190 g/mol. The van der Waals surface area contributed by atoms with Gasteiger partial charge in [0.05, 0.1) is 59.6 Å². The molecule has 0 spiro atoms. The number of likely N-dealkylation sites (N-methyl/N-ethyl adjacent to an activating group) is 1. The van der Waals surface area contributed by atoms with Crippen LogP contribution in [-0.4, -0.2) is 174 Å². The Morgan fingerprint density at radius 1 is 0.929 bits per heavy atom. The maximum atomic E-state index is 14.9. The summed E-state index contributed by atoms with van der Waals surface area (Å²) in [6, 6.07) is 19.4. The lowest BCUT2D eigenvalue weighted by Crippen LogP contribution is -2.61. The molecule has 17 atom stereocenters. The number of methoxy groups -OCH3 is 1. The largest absolute Gasteiger partial charge is 0.387 e. The minimum Gasteiger partial charge on any atom is -0.387 e. The molecule has 84 heavy (non-hydrogen) atoms. The molecule has 7 N–H and O–H groups in total. The minimum atomic E-state index is -1.72. The first-order chi connectivity index (χ1) is 39.5. The summed E-state index contributed by atoms with van der Waals surface area (Å²) in [6.45, 7) is 16.1. The first-order valence-electron chi connectivity index (χ1n) is 29.2. The lowest BCUT2D eigenvalue weighted by Gasteiger charge is -2.49. The number of benzene rings is 3. The molecule has 3 aliphatic rings. The fraction of sp³-hybridized carbons (Fsp3) is 0.619. The summed E-state index contributed by atoms with van der Waals surface area (Å²) in [6.07, 6.45) is -7.02. The van der Waals surface area contributed by atoms with Crippen molar-refractivity contribution in [3.05, 3.63) is 100 Å². The molecule has 0 aromatic heterocycles. The number of aliphatic hydroxyl groups excluding tert-OH is 2. The summed E-state index contributed by atoms with van der Waals surface area (Å²) in [5.41, 5.74) is -0.0423. The van der Waals surface area contributed by atoms with E-state index in [0.717, 1.165) is 0 Å². The summed E-state index contributed by atoms with van der Waals surface area (Å²) < 4.78 is 32.1. The molecular weight excluding hydrogens is 1100 g/mol. The Hall–Kier alpha value is -5.57. The number of anilines is 1. The predicted octanol–water partition coefficient (Wildman–Crippen LogP) is 5.30. The van der Waals surface area contributed by atoms with Gasteiger partial charge in [0, 0.05) is 68.7 Å². The van der Waals surface area contributed by atoms with Crippen LogP contribution in [0.15, 0.2) is 72.8 Å². The van der Waals surface area contributed by atoms with Crippen LogP contribution in [0.3, 0.4) is 0 Å². The summed E-state index contributed by atoms with van der Waals surface area (Å²) in [4.78, 5) is 74.9. The van der Waals surface area contributed by atoms with E-state index in [-0.39, 0.29) is 69.0 Å². The van der Waals surface area contributed by atoms with Crippen LogP contribution in [0.5, 0.6) is 0 Å². The number of nitrogens with zero attached hydrogens (tertiary/aromatic N) is 3. The van der Waals surface area contributed by atoms with Crippen LogP contribution in [0, 0.1) is 35.0 Å². The lowest BCUT2D eigenvalue weighted by atomic mass is 9.77. The van der Waals surface area contributed by atoms with Crippen LogP contribution >= 0.6 is 11.6 Å². The molecule has 3 aromatic carbocycles. The van der Waals surface area contributed by atoms with E-state index in [2.05, 4.69) is 27.3 Å². The number of halogens is 1. The number of nitrogens with one attached hydrogen (secondary N) is 4. The number of rotatable bonds is 16. The standard InChI is InChI=1S/C63H90ClN7O13/c1-35(2)53-60(78)67-46(27-41-21-23-45(24-22-41)66-59(77)48(29-44-19-14-15-20-47(44)64)68-50(72)28-42-17-16-18-43(26-42)33-65)30-51(73)71(12)34-36(3)31-62(8,79)57(84-61-54(74)49(70(10)11)25-37(4)81-61)38(5)55(39(6)58(76)69-53)83-52-32-63(9,80-13)56(75)40(7)82-52/h14-24,26,35-40,46,48-49,52-57,61,74-75,79H,25,27-32,34H2,1-13H3,(H,66,77)(H,67,78)(H,68,72)(H,69,76)/t36-,37-,38+,39-,40+,46-,48+,49+,52+,53+,54-,55+,56+,57-,61+,62-,63-/m1/s1. The zero-order chi connectivity index (χ0) is 62.0. The van der Waals surface area contributed by atoms with Gasteiger partial charge in [0.1, 0.15) is 24.3 Å². The van der Waals surface area contributed by atoms with Crippen molar-refractivity contribution >= 4 is 46.8 Å². The van der Waals surface area contributed by atoms with Gasteiger partial charge in [-0.05, 0) is 120 Å². The molecule has 3 fully saturated rings. The molecule has 5 amide bonds. The van der Waals surface area contributed by atoms with E-state index in [4.69, 9.17) is 35.3 Å². The van der Waals surface area contributed by atoms with E-state index in [1.165, 1.54) is 7.11 Å². The molecule has 20 nitrogen and oxygen atoms in total. The third-order valence-corrected chi connectivity index (χ3v) is 17.2. The lowest BCUT2D eigenvalue weighted by molar-refractivity contribution is -0.317. The van der Waals surface area contributed by atoms with Crippen LogP contribution in [0.25, 0.3) is 0 Å². The number of aliphatic hydroxyl groups is 3. The van der Waals surface area contributed by atoms with Crippen molar-refractivity contribution in [2.24, 2.45) is 23.7 Å². The second-order valence-electron chi connectivity index (χ2n) is 24.7. The highest BCUT2D eigenvalue weighted by atomic mass is 35.5. The number of ether oxygens (including phenoxy) is 5. The SMILES string of the molecule is CO[C@]1(C)C[C@H](O[C@H]2[C@H](C)[C@@H](O[C@@H]3O[C@H](C)C[C@H](N(C)C)[C@H]3O)[C@](C)(O)C[C@@H](C)CN(C)C(=O)C[C@@H](Cc3ccc(NC(=O)[C@H](Cc4ccccc4Cl)NC(=O)Cc4cccc(C#N)c4)cc3)NC(=O)[C@H](C(C)C)NC(=O)[C@@H]2C)O[C@@H](C)[C@@H]1O. The summed E-state index contributed by atoms with van der Waals surface area (Å²) >= 11 is 6.51. The van der Waals surface area contributed by atoms with Gasteiger partial charge < -0.3 is 70.1 Å². The zero-order valence-electron chi connectivity index (χ0n) is 51.0. The Balaban J connectivity index is 1.29. The maximum Gasteiger partial charge on any atom is 0.247 e. The van der Waals surface area contributed by atoms with Gasteiger partial charge in [-0.25, -0.2) is 0 Å². The van der Waals surface area contributed by atoms with E-state index in [1.807, 2.05) is 32.8 Å². The Kier molecular flexibility index (Phi) is 23.9. The average molecular weight is 1190 g/mol. The highest BCUT2D eigenvalue weighted by molar-refractivity contribution is 6.31. The smallest absolute Gasteiger partial charge is 0.247 e. The van der Waals surface area contributed by atoms with Crippen LogP contribution in [0.1, 0.15) is 110 Å². The molecule has 0 radical (unpaired) electrons. The van der Waals surface area contributed by atoms with Gasteiger partial charge in [-0.2, -0.15) is 5.26 Å². The highest BCUT2D eigenvalue weighted by Crippen LogP contribution is 2.39. The van der Waals surface area contributed by atoms with E-state index in [9.17, 15) is 44.6 Å². The van der Waals surface area contributed by atoms with E-state index in [0.29, 0.717) is 39.4 Å².